The van der Waals surface area contributed by atoms with Crippen molar-refractivity contribution in [3.05, 3.63) is 33.3 Å². The van der Waals surface area contributed by atoms with Gasteiger partial charge in [0.15, 0.2) is 0 Å². The summed E-state index contributed by atoms with van der Waals surface area (Å²) in [6.07, 6.45) is 3.21. The molecule has 1 saturated carbocycles. The Morgan fingerprint density at radius 2 is 1.96 bits per heavy atom. The second kappa shape index (κ2) is 7.39. The van der Waals surface area contributed by atoms with Crippen molar-refractivity contribution < 1.29 is 23.9 Å². The fourth-order valence-corrected chi connectivity index (χ4v) is 4.63. The minimum Gasteiger partial charge on any atom is -0.434 e. The molecular weight excluding hydrogens is 402 g/mol. The van der Waals surface area contributed by atoms with Crippen LogP contribution < -0.4 is 5.32 Å². The Morgan fingerprint density at radius 3 is 2.62 bits per heavy atom. The van der Waals surface area contributed by atoms with Crippen molar-refractivity contribution in [3.63, 3.8) is 0 Å². The maximum absolute atomic E-state index is 12.4. The molecule has 1 heterocycles. The summed E-state index contributed by atoms with van der Waals surface area (Å²) in [5.74, 6) is -0.904. The first-order valence-electron chi connectivity index (χ1n) is 8.83. The van der Waals surface area contributed by atoms with E-state index in [0.29, 0.717) is 16.6 Å². The highest BCUT2D eigenvalue weighted by molar-refractivity contribution is 9.10. The van der Waals surface area contributed by atoms with Gasteiger partial charge in [0, 0.05) is 22.0 Å². The minimum absolute atomic E-state index is 0.0826. The summed E-state index contributed by atoms with van der Waals surface area (Å²) in [6, 6.07) is 3.13. The number of amides is 1. The van der Waals surface area contributed by atoms with Gasteiger partial charge in [-0.15, -0.1) is 0 Å². The second-order valence-electron chi connectivity index (χ2n) is 7.40. The third-order valence-corrected chi connectivity index (χ3v) is 5.58. The van der Waals surface area contributed by atoms with Crippen LogP contribution in [0, 0.1) is 5.92 Å². The zero-order chi connectivity index (χ0) is 18.9. The van der Waals surface area contributed by atoms with E-state index in [-0.39, 0.29) is 29.4 Å². The summed E-state index contributed by atoms with van der Waals surface area (Å²) in [5.41, 5.74) is 1.48. The van der Waals surface area contributed by atoms with E-state index in [2.05, 4.69) is 21.2 Å². The molecule has 1 aromatic carbocycles. The van der Waals surface area contributed by atoms with Gasteiger partial charge in [-0.1, -0.05) is 42.6 Å². The molecule has 26 heavy (non-hydrogen) atoms. The lowest BCUT2D eigenvalue weighted by atomic mass is 9.74. The fourth-order valence-electron chi connectivity index (χ4n) is 3.75. The van der Waals surface area contributed by atoms with Gasteiger partial charge < -0.3 is 14.8 Å². The molecule has 1 aliphatic carbocycles. The minimum atomic E-state index is -1.03. The fraction of sp³-hybridized carbons (Fsp3) is 0.526. The van der Waals surface area contributed by atoms with Crippen molar-refractivity contribution in [2.45, 2.75) is 44.9 Å². The molecule has 0 aromatic heterocycles. The summed E-state index contributed by atoms with van der Waals surface area (Å²) in [7, 11) is 0. The van der Waals surface area contributed by atoms with Gasteiger partial charge in [0.1, 0.15) is 0 Å². The smallest absolute Gasteiger partial charge is 0.434 e. The van der Waals surface area contributed by atoms with Gasteiger partial charge in [-0.05, 0) is 36.5 Å². The molecule has 1 amide bonds. The van der Waals surface area contributed by atoms with Gasteiger partial charge in [-0.2, -0.15) is 0 Å². The molecule has 140 valence electrons. The lowest BCUT2D eigenvalue weighted by Gasteiger charge is -2.36. The summed E-state index contributed by atoms with van der Waals surface area (Å²) < 4.78 is 10.3. The predicted molar refractivity (Wildman–Crippen MR) is 98.2 cm³/mol. The van der Waals surface area contributed by atoms with Crippen LogP contribution in [0.15, 0.2) is 16.6 Å². The molecule has 6 nitrogen and oxygen atoms in total. The predicted octanol–water partition coefficient (Wildman–Crippen LogP) is 3.95. The number of carbonyl (C=O) groups is 3. The summed E-state index contributed by atoms with van der Waals surface area (Å²) >= 11 is 3.53. The summed E-state index contributed by atoms with van der Waals surface area (Å²) in [6.45, 7) is 4.55. The molecule has 3 rings (SSSR count). The van der Waals surface area contributed by atoms with E-state index in [4.69, 9.17) is 9.47 Å². The molecule has 0 atom stereocenters. The van der Waals surface area contributed by atoms with Crippen molar-refractivity contribution in [2.75, 3.05) is 13.2 Å². The first kappa shape index (κ1) is 18.9. The van der Waals surface area contributed by atoms with E-state index in [1.54, 1.807) is 6.07 Å². The Bertz CT molecular complexity index is 753. The van der Waals surface area contributed by atoms with E-state index in [1.165, 1.54) is 6.07 Å². The van der Waals surface area contributed by atoms with Crippen LogP contribution in [0.2, 0.25) is 0 Å². The molecule has 0 bridgehead atoms. The molecular formula is C19H22BrNO5. The number of benzene rings is 1. The summed E-state index contributed by atoms with van der Waals surface area (Å²) in [4.78, 5) is 36.3. The number of esters is 1. The highest BCUT2D eigenvalue weighted by Gasteiger charge is 2.43. The molecule has 1 aliphatic heterocycles. The molecule has 7 heteroatoms. The van der Waals surface area contributed by atoms with Gasteiger partial charge in [-0.3, -0.25) is 4.79 Å². The molecule has 0 unspecified atom stereocenters. The number of halogens is 1. The lowest BCUT2D eigenvalue weighted by Crippen LogP contribution is -2.45. The maximum Gasteiger partial charge on any atom is 0.516 e. The Kier molecular flexibility index (Phi) is 5.37. The number of carbonyl (C=O) groups excluding carboxylic acids is 3. The average Bonchev–Trinajstić information content (AvgIpc) is 3.05. The van der Waals surface area contributed by atoms with Crippen LogP contribution in [0.4, 0.5) is 4.79 Å². The van der Waals surface area contributed by atoms with E-state index >= 15 is 0 Å². The van der Waals surface area contributed by atoms with Crippen LogP contribution in [-0.4, -0.2) is 31.2 Å². The monoisotopic (exact) mass is 423 g/mol. The van der Waals surface area contributed by atoms with Crippen LogP contribution >= 0.6 is 15.9 Å². The first-order valence-corrected chi connectivity index (χ1v) is 9.63. The SMILES string of the molecule is CC(C)COC(=O)OC(=O)c1cc(Br)c2c(c1)C(=O)NCC21CCCC1. The van der Waals surface area contributed by atoms with Crippen LogP contribution in [0.5, 0.6) is 0 Å². The van der Waals surface area contributed by atoms with E-state index in [0.717, 1.165) is 31.2 Å². The second-order valence-corrected chi connectivity index (χ2v) is 8.25. The van der Waals surface area contributed by atoms with Crippen molar-refractivity contribution >= 4 is 34.0 Å². The number of hydrogen-bond acceptors (Lipinski definition) is 5. The number of nitrogens with one attached hydrogen (secondary N) is 1. The molecule has 0 radical (unpaired) electrons. The Morgan fingerprint density at radius 1 is 1.27 bits per heavy atom. The molecule has 1 fully saturated rings. The largest absolute Gasteiger partial charge is 0.516 e. The average molecular weight is 424 g/mol. The zero-order valence-electron chi connectivity index (χ0n) is 14.9. The van der Waals surface area contributed by atoms with Crippen LogP contribution in [0.1, 0.15) is 65.8 Å². The number of rotatable bonds is 3. The van der Waals surface area contributed by atoms with Crippen LogP contribution in [0.25, 0.3) is 0 Å². The lowest BCUT2D eigenvalue weighted by molar-refractivity contribution is 0.0351. The normalized spacial score (nSPS) is 17.8. The van der Waals surface area contributed by atoms with Crippen molar-refractivity contribution in [3.8, 4) is 0 Å². The molecule has 1 aromatic rings. The Labute approximate surface area is 160 Å². The third kappa shape index (κ3) is 3.63. The van der Waals surface area contributed by atoms with Crippen molar-refractivity contribution in [2.24, 2.45) is 5.92 Å². The van der Waals surface area contributed by atoms with Crippen molar-refractivity contribution in [1.82, 2.24) is 5.32 Å². The number of hydrogen-bond donors (Lipinski definition) is 1. The molecule has 2 aliphatic rings. The van der Waals surface area contributed by atoms with E-state index < -0.39 is 12.1 Å². The zero-order valence-corrected chi connectivity index (χ0v) is 16.5. The van der Waals surface area contributed by atoms with Gasteiger partial charge in [0.2, 0.25) is 0 Å². The van der Waals surface area contributed by atoms with Crippen LogP contribution in [-0.2, 0) is 14.9 Å². The number of fused-ring (bicyclic) bond motifs is 2. The molecule has 0 saturated heterocycles. The quantitative estimate of drug-likeness (QED) is 0.587. The van der Waals surface area contributed by atoms with Crippen molar-refractivity contribution in [1.29, 1.82) is 0 Å². The van der Waals surface area contributed by atoms with Gasteiger partial charge >= 0.3 is 12.1 Å². The highest BCUT2D eigenvalue weighted by atomic mass is 79.9. The highest BCUT2D eigenvalue weighted by Crippen LogP contribution is 2.47. The topological polar surface area (TPSA) is 81.7 Å². The van der Waals surface area contributed by atoms with Gasteiger partial charge in [0.25, 0.3) is 5.91 Å². The Hall–Kier alpha value is -1.89. The van der Waals surface area contributed by atoms with E-state index in [9.17, 15) is 14.4 Å². The maximum atomic E-state index is 12.4. The summed E-state index contributed by atoms with van der Waals surface area (Å²) in [5, 5.41) is 2.93. The third-order valence-electron chi connectivity index (χ3n) is 4.96. The molecule has 1 N–H and O–H groups in total. The molecule has 1 spiro atoms. The van der Waals surface area contributed by atoms with Crippen LogP contribution in [0.3, 0.4) is 0 Å². The van der Waals surface area contributed by atoms with Gasteiger partial charge in [0.05, 0.1) is 12.2 Å². The number of ether oxygens (including phenoxy) is 2. The van der Waals surface area contributed by atoms with E-state index in [1.807, 2.05) is 13.8 Å². The van der Waals surface area contributed by atoms with Gasteiger partial charge in [-0.25, -0.2) is 9.59 Å². The Balaban J connectivity index is 1.86. The first-order chi connectivity index (χ1) is 12.3. The standard InChI is InChI=1S/C19H22BrNO5/c1-11(2)9-25-18(24)26-17(23)12-7-13-15(14(20)8-12)19(5-3-4-6-19)10-21-16(13)22/h7-8,11H,3-6,9-10H2,1-2H3,(H,21,22).